The molecule has 1 heterocycles. The molecule has 3 rings (SSSR count). The summed E-state index contributed by atoms with van der Waals surface area (Å²) in [5.41, 5.74) is 4.44. The zero-order valence-electron chi connectivity index (χ0n) is 11.2. The van der Waals surface area contributed by atoms with Crippen LogP contribution in [0.1, 0.15) is 27.0 Å². The van der Waals surface area contributed by atoms with Gasteiger partial charge >= 0.3 is 0 Å². The second-order valence-corrected chi connectivity index (χ2v) is 6.88. The molecule has 2 aromatic rings. The van der Waals surface area contributed by atoms with Crippen LogP contribution in [0, 0.1) is 0 Å². The van der Waals surface area contributed by atoms with Gasteiger partial charge in [0.05, 0.1) is 0 Å². The molecular weight excluding hydrogens is 396 g/mol. The molecule has 108 valence electrons. The number of amides is 1. The van der Waals surface area contributed by atoms with Crippen molar-refractivity contribution in [3.8, 4) is 0 Å². The van der Waals surface area contributed by atoms with Crippen LogP contribution < -0.4 is 10.6 Å². The Morgan fingerprint density at radius 2 is 1.76 bits per heavy atom. The zero-order valence-corrected chi connectivity index (χ0v) is 14.4. The summed E-state index contributed by atoms with van der Waals surface area (Å²) in [6, 6.07) is 11.9. The molecule has 0 atom stereocenters. The molecule has 2 aromatic carbocycles. The van der Waals surface area contributed by atoms with E-state index in [2.05, 4.69) is 60.7 Å². The SMILES string of the molecule is O=C(NCc1ccc2c(c1)CNC2)c1cc(Br)cc(Br)c1. The van der Waals surface area contributed by atoms with E-state index in [-0.39, 0.29) is 5.91 Å². The van der Waals surface area contributed by atoms with Crippen LogP contribution in [0.3, 0.4) is 0 Å². The van der Waals surface area contributed by atoms with Gasteiger partial charge in [-0.1, -0.05) is 50.1 Å². The van der Waals surface area contributed by atoms with Crippen LogP contribution in [0.25, 0.3) is 0 Å². The summed E-state index contributed by atoms with van der Waals surface area (Å²) in [5, 5.41) is 6.28. The molecule has 2 N–H and O–H groups in total. The molecule has 0 aliphatic carbocycles. The molecule has 3 nitrogen and oxygen atoms in total. The highest BCUT2D eigenvalue weighted by Gasteiger charge is 2.11. The van der Waals surface area contributed by atoms with Gasteiger partial charge in [0.25, 0.3) is 5.91 Å². The minimum Gasteiger partial charge on any atom is -0.348 e. The molecule has 0 spiro atoms. The first-order valence-corrected chi connectivity index (χ1v) is 8.26. The fraction of sp³-hybridized carbons (Fsp3) is 0.188. The average molecular weight is 410 g/mol. The number of hydrogen-bond donors (Lipinski definition) is 2. The van der Waals surface area contributed by atoms with Crippen molar-refractivity contribution in [2.45, 2.75) is 19.6 Å². The van der Waals surface area contributed by atoms with Crippen molar-refractivity contribution in [1.82, 2.24) is 10.6 Å². The lowest BCUT2D eigenvalue weighted by Gasteiger charge is -2.08. The molecule has 1 aliphatic rings. The van der Waals surface area contributed by atoms with Gasteiger partial charge in [0.15, 0.2) is 0 Å². The van der Waals surface area contributed by atoms with E-state index in [0.717, 1.165) is 27.6 Å². The van der Waals surface area contributed by atoms with Gasteiger partial charge in [-0.2, -0.15) is 0 Å². The monoisotopic (exact) mass is 408 g/mol. The van der Waals surface area contributed by atoms with E-state index in [1.165, 1.54) is 11.1 Å². The fourth-order valence-electron chi connectivity index (χ4n) is 2.43. The molecule has 5 heteroatoms. The highest BCUT2D eigenvalue weighted by molar-refractivity contribution is 9.11. The van der Waals surface area contributed by atoms with E-state index in [4.69, 9.17) is 0 Å². The predicted octanol–water partition coefficient (Wildman–Crippen LogP) is 3.74. The van der Waals surface area contributed by atoms with E-state index >= 15 is 0 Å². The summed E-state index contributed by atoms with van der Waals surface area (Å²) in [7, 11) is 0. The Bertz CT molecular complexity index is 680. The minimum absolute atomic E-state index is 0.0735. The summed E-state index contributed by atoms with van der Waals surface area (Å²) in [6.07, 6.45) is 0. The lowest BCUT2D eigenvalue weighted by molar-refractivity contribution is 0.0951. The van der Waals surface area contributed by atoms with Crippen molar-refractivity contribution in [2.75, 3.05) is 0 Å². The summed E-state index contributed by atoms with van der Waals surface area (Å²) in [5.74, 6) is -0.0735. The maximum Gasteiger partial charge on any atom is 0.251 e. The molecule has 0 saturated heterocycles. The summed E-state index contributed by atoms with van der Waals surface area (Å²) >= 11 is 6.79. The summed E-state index contributed by atoms with van der Waals surface area (Å²) in [6.45, 7) is 2.39. The number of benzene rings is 2. The lowest BCUT2D eigenvalue weighted by atomic mass is 10.1. The van der Waals surface area contributed by atoms with E-state index in [0.29, 0.717) is 12.1 Å². The Hall–Kier alpha value is -1.17. The van der Waals surface area contributed by atoms with Crippen LogP contribution in [0.15, 0.2) is 45.3 Å². The van der Waals surface area contributed by atoms with Gasteiger partial charge in [0.1, 0.15) is 0 Å². The smallest absolute Gasteiger partial charge is 0.251 e. The van der Waals surface area contributed by atoms with Gasteiger partial charge in [-0.15, -0.1) is 0 Å². The Morgan fingerprint density at radius 3 is 2.52 bits per heavy atom. The third-order valence-electron chi connectivity index (χ3n) is 3.48. The number of fused-ring (bicyclic) bond motifs is 1. The van der Waals surface area contributed by atoms with Crippen LogP contribution in [0.2, 0.25) is 0 Å². The average Bonchev–Trinajstić information content (AvgIpc) is 2.91. The molecular formula is C16H14Br2N2O. The molecule has 21 heavy (non-hydrogen) atoms. The molecule has 0 fully saturated rings. The third-order valence-corrected chi connectivity index (χ3v) is 4.40. The highest BCUT2D eigenvalue weighted by Crippen LogP contribution is 2.20. The number of carbonyl (C=O) groups is 1. The van der Waals surface area contributed by atoms with E-state index in [1.54, 1.807) is 0 Å². The van der Waals surface area contributed by atoms with Gasteiger partial charge in [0, 0.05) is 34.1 Å². The van der Waals surface area contributed by atoms with Gasteiger partial charge in [-0.3, -0.25) is 4.79 Å². The van der Waals surface area contributed by atoms with Gasteiger partial charge < -0.3 is 10.6 Å². The number of nitrogens with one attached hydrogen (secondary N) is 2. The largest absolute Gasteiger partial charge is 0.348 e. The van der Waals surface area contributed by atoms with E-state index < -0.39 is 0 Å². The normalized spacial score (nSPS) is 13.0. The number of halogens is 2. The Labute approximate surface area is 140 Å². The van der Waals surface area contributed by atoms with E-state index in [9.17, 15) is 4.79 Å². The first-order chi connectivity index (χ1) is 10.1. The maximum absolute atomic E-state index is 12.2. The standard InChI is InChI=1S/C16H14Br2N2O/c17-14-4-12(5-15(18)6-14)16(21)20-7-10-1-2-11-8-19-9-13(11)3-10/h1-6,19H,7-9H2,(H,20,21). The molecule has 1 aliphatic heterocycles. The molecule has 0 aromatic heterocycles. The number of hydrogen-bond acceptors (Lipinski definition) is 2. The van der Waals surface area contributed by atoms with Crippen molar-refractivity contribution in [3.05, 3.63) is 67.6 Å². The van der Waals surface area contributed by atoms with Gasteiger partial charge in [-0.05, 0) is 34.9 Å². The quantitative estimate of drug-likeness (QED) is 0.810. The first-order valence-electron chi connectivity index (χ1n) is 6.67. The van der Waals surface area contributed by atoms with Gasteiger partial charge in [-0.25, -0.2) is 0 Å². The van der Waals surface area contributed by atoms with Crippen LogP contribution in [0.5, 0.6) is 0 Å². The van der Waals surface area contributed by atoms with Crippen LogP contribution in [0.4, 0.5) is 0 Å². The summed E-state index contributed by atoms with van der Waals surface area (Å²) in [4.78, 5) is 12.2. The molecule has 0 saturated carbocycles. The second kappa shape index (κ2) is 6.30. The van der Waals surface area contributed by atoms with Crippen molar-refractivity contribution >= 4 is 37.8 Å². The van der Waals surface area contributed by atoms with Crippen LogP contribution >= 0.6 is 31.9 Å². The fourth-order valence-corrected chi connectivity index (χ4v) is 3.72. The zero-order chi connectivity index (χ0) is 14.8. The number of carbonyl (C=O) groups excluding carboxylic acids is 1. The van der Waals surface area contributed by atoms with Crippen LogP contribution in [-0.2, 0) is 19.6 Å². The first kappa shape index (κ1) is 14.8. The number of rotatable bonds is 3. The third kappa shape index (κ3) is 3.54. The Kier molecular flexibility index (Phi) is 4.42. The Balaban J connectivity index is 1.68. The molecule has 0 bridgehead atoms. The molecule has 1 amide bonds. The molecule has 0 radical (unpaired) electrons. The van der Waals surface area contributed by atoms with Crippen molar-refractivity contribution in [1.29, 1.82) is 0 Å². The van der Waals surface area contributed by atoms with E-state index in [1.807, 2.05) is 18.2 Å². The second-order valence-electron chi connectivity index (χ2n) is 5.05. The summed E-state index contributed by atoms with van der Waals surface area (Å²) < 4.78 is 1.76. The predicted molar refractivity (Wildman–Crippen MR) is 90.0 cm³/mol. The highest BCUT2D eigenvalue weighted by atomic mass is 79.9. The van der Waals surface area contributed by atoms with Crippen molar-refractivity contribution in [3.63, 3.8) is 0 Å². The maximum atomic E-state index is 12.2. The molecule has 0 unspecified atom stereocenters. The van der Waals surface area contributed by atoms with Crippen molar-refractivity contribution < 1.29 is 4.79 Å². The Morgan fingerprint density at radius 1 is 1.05 bits per heavy atom. The van der Waals surface area contributed by atoms with Gasteiger partial charge in [0.2, 0.25) is 0 Å². The topological polar surface area (TPSA) is 41.1 Å². The van der Waals surface area contributed by atoms with Crippen molar-refractivity contribution in [2.24, 2.45) is 0 Å². The van der Waals surface area contributed by atoms with Crippen LogP contribution in [-0.4, -0.2) is 5.91 Å². The minimum atomic E-state index is -0.0735. The lowest BCUT2D eigenvalue weighted by Crippen LogP contribution is -2.22.